The first kappa shape index (κ1) is 16.8. The van der Waals surface area contributed by atoms with Gasteiger partial charge in [-0.1, -0.05) is 0 Å². The zero-order valence-electron chi connectivity index (χ0n) is 13.1. The number of thiazole rings is 1. The Balaban J connectivity index is 1.76. The van der Waals surface area contributed by atoms with Crippen LogP contribution >= 0.6 is 11.3 Å². The van der Waals surface area contributed by atoms with Crippen LogP contribution in [0.2, 0.25) is 0 Å². The molecule has 2 heterocycles. The number of aliphatic hydroxyl groups is 1. The first-order valence-electron chi connectivity index (χ1n) is 7.84. The zero-order chi connectivity index (χ0) is 15.1. The highest BCUT2D eigenvalue weighted by Gasteiger charge is 2.18. The van der Waals surface area contributed by atoms with Crippen LogP contribution < -0.4 is 0 Å². The third-order valence-corrected chi connectivity index (χ3v) is 4.87. The number of hydrogen-bond acceptors (Lipinski definition) is 6. The largest absolute Gasteiger partial charge is 0.396 e. The third-order valence-electron chi connectivity index (χ3n) is 3.82. The lowest BCUT2D eigenvalue weighted by atomic mass is 10.3. The maximum absolute atomic E-state index is 8.87. The number of nitrogens with zero attached hydrogens (tertiary/aromatic N) is 3. The lowest BCUT2D eigenvalue weighted by Gasteiger charge is -2.34. The molecule has 1 atom stereocenters. The van der Waals surface area contributed by atoms with E-state index in [2.05, 4.69) is 22.1 Å². The average molecular weight is 313 g/mol. The van der Waals surface area contributed by atoms with Crippen LogP contribution in [0.25, 0.3) is 0 Å². The van der Waals surface area contributed by atoms with E-state index in [9.17, 15) is 0 Å². The van der Waals surface area contributed by atoms with Crippen molar-refractivity contribution in [2.45, 2.75) is 32.9 Å². The van der Waals surface area contributed by atoms with Crippen LogP contribution in [0, 0.1) is 0 Å². The van der Waals surface area contributed by atoms with Gasteiger partial charge in [-0.15, -0.1) is 11.3 Å². The van der Waals surface area contributed by atoms with Crippen LogP contribution in [-0.4, -0.2) is 65.8 Å². The van der Waals surface area contributed by atoms with Crippen molar-refractivity contribution in [1.82, 2.24) is 14.8 Å². The van der Waals surface area contributed by atoms with Gasteiger partial charge in [0.15, 0.2) is 0 Å². The topological polar surface area (TPSA) is 48.8 Å². The molecule has 1 aliphatic heterocycles. The zero-order valence-corrected chi connectivity index (χ0v) is 13.9. The average Bonchev–Trinajstić information content (AvgIpc) is 2.95. The molecule has 0 aliphatic carbocycles. The van der Waals surface area contributed by atoms with E-state index in [4.69, 9.17) is 14.8 Å². The lowest BCUT2D eigenvalue weighted by Crippen LogP contribution is -2.46. The Morgan fingerprint density at radius 3 is 2.71 bits per heavy atom. The highest BCUT2D eigenvalue weighted by molar-refractivity contribution is 7.09. The minimum Gasteiger partial charge on any atom is -0.396 e. The summed E-state index contributed by atoms with van der Waals surface area (Å²) in [5.74, 6) is 0. The number of aromatic nitrogens is 1. The molecule has 0 amide bonds. The molecule has 1 aromatic heterocycles. The van der Waals surface area contributed by atoms with Gasteiger partial charge in [0.25, 0.3) is 0 Å². The van der Waals surface area contributed by atoms with Gasteiger partial charge in [-0.05, 0) is 20.3 Å². The second-order valence-corrected chi connectivity index (χ2v) is 6.36. The normalized spacial score (nSPS) is 19.0. The van der Waals surface area contributed by atoms with Crippen molar-refractivity contribution in [3.8, 4) is 0 Å². The highest BCUT2D eigenvalue weighted by atomic mass is 32.1. The van der Waals surface area contributed by atoms with Gasteiger partial charge in [0.1, 0.15) is 11.1 Å². The summed E-state index contributed by atoms with van der Waals surface area (Å²) in [7, 11) is 0. The van der Waals surface area contributed by atoms with Crippen LogP contribution in [0.1, 0.15) is 37.1 Å². The molecule has 5 nitrogen and oxygen atoms in total. The first-order valence-corrected chi connectivity index (χ1v) is 8.72. The third kappa shape index (κ3) is 5.30. The summed E-state index contributed by atoms with van der Waals surface area (Å²) in [6.45, 7) is 11.4. The quantitative estimate of drug-likeness (QED) is 0.792. The van der Waals surface area contributed by atoms with Gasteiger partial charge in [-0.3, -0.25) is 4.90 Å². The molecule has 1 aromatic rings. The second-order valence-electron chi connectivity index (χ2n) is 5.47. The molecule has 1 saturated heterocycles. The molecule has 2 rings (SSSR count). The monoisotopic (exact) mass is 313 g/mol. The van der Waals surface area contributed by atoms with E-state index in [1.165, 1.54) is 0 Å². The van der Waals surface area contributed by atoms with Gasteiger partial charge in [0.2, 0.25) is 0 Å². The van der Waals surface area contributed by atoms with Crippen molar-refractivity contribution in [3.63, 3.8) is 0 Å². The molecular weight excluding hydrogens is 286 g/mol. The van der Waals surface area contributed by atoms with Crippen molar-refractivity contribution < 1.29 is 9.84 Å². The number of hydrogen-bond donors (Lipinski definition) is 1. The Hall–Kier alpha value is -0.530. The van der Waals surface area contributed by atoms with E-state index in [1.807, 2.05) is 6.92 Å². The van der Waals surface area contributed by atoms with Gasteiger partial charge in [0.05, 0.1) is 5.69 Å². The van der Waals surface area contributed by atoms with Crippen molar-refractivity contribution in [2.75, 3.05) is 45.9 Å². The van der Waals surface area contributed by atoms with Crippen molar-refractivity contribution >= 4 is 11.3 Å². The molecule has 6 heteroatoms. The van der Waals surface area contributed by atoms with Gasteiger partial charge in [-0.2, -0.15) is 0 Å². The van der Waals surface area contributed by atoms with Gasteiger partial charge >= 0.3 is 0 Å². The maximum Gasteiger partial charge on any atom is 0.122 e. The summed E-state index contributed by atoms with van der Waals surface area (Å²) in [6.07, 6.45) is 0.981. The van der Waals surface area contributed by atoms with Crippen LogP contribution in [0.15, 0.2) is 5.38 Å². The fourth-order valence-corrected chi connectivity index (χ4v) is 3.41. The number of rotatable bonds is 8. The second kappa shape index (κ2) is 8.80. The van der Waals surface area contributed by atoms with Crippen molar-refractivity contribution in [3.05, 3.63) is 16.1 Å². The van der Waals surface area contributed by atoms with E-state index in [0.29, 0.717) is 6.61 Å². The molecule has 1 aliphatic rings. The Morgan fingerprint density at radius 2 is 2.05 bits per heavy atom. The summed E-state index contributed by atoms with van der Waals surface area (Å²) >= 11 is 1.70. The van der Waals surface area contributed by atoms with Crippen LogP contribution in [0.3, 0.4) is 0 Å². The van der Waals surface area contributed by atoms with Gasteiger partial charge < -0.3 is 14.7 Å². The molecule has 1 N–H and O–H groups in total. The minimum atomic E-state index is 0.101. The Bertz CT molecular complexity index is 405. The summed E-state index contributed by atoms with van der Waals surface area (Å²) in [4.78, 5) is 9.58. The summed E-state index contributed by atoms with van der Waals surface area (Å²) in [5.41, 5.74) is 1.16. The summed E-state index contributed by atoms with van der Waals surface area (Å²) in [5, 5.41) is 12.1. The van der Waals surface area contributed by atoms with Crippen LogP contribution in [-0.2, 0) is 11.3 Å². The van der Waals surface area contributed by atoms with E-state index < -0.39 is 0 Å². The maximum atomic E-state index is 8.87. The van der Waals surface area contributed by atoms with Crippen molar-refractivity contribution in [2.24, 2.45) is 0 Å². The Morgan fingerprint density at radius 1 is 1.33 bits per heavy atom. The SMILES string of the molecule is CCOC(C)c1nc(CN2CCN(CCCO)CC2)cs1. The Labute approximate surface area is 131 Å². The van der Waals surface area contributed by atoms with Gasteiger partial charge in [-0.25, -0.2) is 4.98 Å². The molecule has 120 valence electrons. The van der Waals surface area contributed by atoms with E-state index in [-0.39, 0.29) is 6.10 Å². The minimum absolute atomic E-state index is 0.101. The molecule has 1 unspecified atom stereocenters. The van der Waals surface area contributed by atoms with Crippen molar-refractivity contribution in [1.29, 1.82) is 0 Å². The molecule has 1 fully saturated rings. The summed E-state index contributed by atoms with van der Waals surface area (Å²) in [6, 6.07) is 0. The standard InChI is InChI=1S/C15H27N3O2S/c1-3-20-13(2)15-16-14(12-21-15)11-18-8-6-17(7-9-18)5-4-10-19/h12-13,19H,3-11H2,1-2H3. The Kier molecular flexibility index (Phi) is 7.06. The van der Waals surface area contributed by atoms with E-state index >= 15 is 0 Å². The fourth-order valence-electron chi connectivity index (χ4n) is 2.60. The van der Waals surface area contributed by atoms with Crippen LogP contribution in [0.5, 0.6) is 0 Å². The molecule has 21 heavy (non-hydrogen) atoms. The molecular formula is C15H27N3O2S. The number of ether oxygens (including phenoxy) is 1. The molecule has 0 spiro atoms. The lowest BCUT2D eigenvalue weighted by molar-refractivity contribution is 0.0758. The number of aliphatic hydroxyl groups excluding tert-OH is 1. The molecule has 0 saturated carbocycles. The van der Waals surface area contributed by atoms with Gasteiger partial charge in [0, 0.05) is 57.9 Å². The van der Waals surface area contributed by atoms with E-state index in [1.54, 1.807) is 11.3 Å². The first-order chi connectivity index (χ1) is 10.2. The predicted octanol–water partition coefficient (Wildman–Crippen LogP) is 1.74. The predicted molar refractivity (Wildman–Crippen MR) is 85.6 cm³/mol. The molecule has 0 aromatic carbocycles. The van der Waals surface area contributed by atoms with Crippen LogP contribution in [0.4, 0.5) is 0 Å². The fraction of sp³-hybridized carbons (Fsp3) is 0.800. The van der Waals surface area contributed by atoms with E-state index in [0.717, 1.165) is 63.0 Å². The molecule has 0 radical (unpaired) electrons. The highest BCUT2D eigenvalue weighted by Crippen LogP contribution is 2.22. The molecule has 0 bridgehead atoms. The number of piperazine rings is 1. The summed E-state index contributed by atoms with van der Waals surface area (Å²) < 4.78 is 5.59. The smallest absolute Gasteiger partial charge is 0.122 e.